The van der Waals surface area contributed by atoms with Crippen molar-refractivity contribution in [3.05, 3.63) is 0 Å². The van der Waals surface area contributed by atoms with Crippen LogP contribution in [0.1, 0.15) is 20.3 Å². The summed E-state index contributed by atoms with van der Waals surface area (Å²) in [5, 5.41) is 0. The standard InChI is InChI=1S/C7H16N.CH3.Sn/c1-4-7-8(5-2)6-3;;/h1,4-7H2,2-3H3;1H3;. The van der Waals surface area contributed by atoms with Crippen molar-refractivity contribution < 1.29 is 0 Å². The Hall–Kier alpha value is 0.759. The molecule has 0 amide bonds. The van der Waals surface area contributed by atoms with Crippen LogP contribution in [0.5, 0.6) is 0 Å². The van der Waals surface area contributed by atoms with Crippen LogP contribution in [-0.4, -0.2) is 45.7 Å². The van der Waals surface area contributed by atoms with Gasteiger partial charge in [0.15, 0.2) is 0 Å². The Balaban J connectivity index is 3.09. The zero-order valence-corrected chi connectivity index (χ0v) is 10.3. The summed E-state index contributed by atoms with van der Waals surface area (Å²) in [5.74, 6) is 0. The Kier molecular flexibility index (Phi) is 8.46. The average molecular weight is 248 g/mol. The summed E-state index contributed by atoms with van der Waals surface area (Å²) in [6.07, 6.45) is 1.45. The number of nitrogens with zero attached hydrogens (tertiary/aromatic N) is 1. The molecule has 0 aliphatic rings. The van der Waals surface area contributed by atoms with Crippen molar-refractivity contribution in [3.63, 3.8) is 0 Å². The van der Waals surface area contributed by atoms with Crippen LogP contribution in [-0.2, 0) is 0 Å². The fourth-order valence-electron chi connectivity index (χ4n) is 1.02. The summed E-state index contributed by atoms with van der Waals surface area (Å²) < 4.78 is 1.56. The molecule has 0 fully saturated rings. The Morgan fingerprint density at radius 1 is 1.20 bits per heavy atom. The van der Waals surface area contributed by atoms with Crippen molar-refractivity contribution in [2.75, 3.05) is 19.6 Å². The molecule has 2 heteroatoms. The molecular formula is C8H19NSn. The molecule has 0 heterocycles. The molecule has 60 valence electrons. The third-order valence-corrected chi connectivity index (χ3v) is 4.23. The molecular weight excluding hydrogens is 229 g/mol. The first-order valence-corrected chi connectivity index (χ1v) is 9.09. The summed E-state index contributed by atoms with van der Waals surface area (Å²) >= 11 is 0.104. The van der Waals surface area contributed by atoms with Gasteiger partial charge in [0.05, 0.1) is 0 Å². The van der Waals surface area contributed by atoms with Gasteiger partial charge in [-0.1, -0.05) is 0 Å². The minimum atomic E-state index is 0.104. The fraction of sp³-hybridized carbons (Fsp3) is 1.00. The number of rotatable bonds is 6. The van der Waals surface area contributed by atoms with Crippen LogP contribution in [0.3, 0.4) is 0 Å². The van der Waals surface area contributed by atoms with E-state index in [1.54, 1.807) is 4.44 Å². The van der Waals surface area contributed by atoms with Crippen LogP contribution in [0.25, 0.3) is 0 Å². The summed E-state index contributed by atoms with van der Waals surface area (Å²) in [6.45, 7) is 8.28. The van der Waals surface area contributed by atoms with Gasteiger partial charge in [0.2, 0.25) is 0 Å². The van der Waals surface area contributed by atoms with Gasteiger partial charge in [-0.3, -0.25) is 0 Å². The van der Waals surface area contributed by atoms with E-state index < -0.39 is 0 Å². The van der Waals surface area contributed by atoms with Gasteiger partial charge in [-0.05, 0) is 0 Å². The van der Waals surface area contributed by atoms with Crippen LogP contribution in [0.15, 0.2) is 0 Å². The Morgan fingerprint density at radius 2 is 1.80 bits per heavy atom. The molecule has 0 N–H and O–H groups in total. The zero-order valence-electron chi connectivity index (χ0n) is 7.48. The summed E-state index contributed by atoms with van der Waals surface area (Å²) in [6, 6.07) is 0. The third-order valence-electron chi connectivity index (χ3n) is 1.80. The van der Waals surface area contributed by atoms with Crippen molar-refractivity contribution in [2.24, 2.45) is 0 Å². The van der Waals surface area contributed by atoms with Gasteiger partial charge in [0.1, 0.15) is 0 Å². The Morgan fingerprint density at radius 3 is 2.20 bits per heavy atom. The molecule has 10 heavy (non-hydrogen) atoms. The van der Waals surface area contributed by atoms with Gasteiger partial charge in [0, 0.05) is 0 Å². The number of hydrogen-bond donors (Lipinski definition) is 0. The molecule has 0 aromatic heterocycles. The zero-order chi connectivity index (χ0) is 7.82. The van der Waals surface area contributed by atoms with Crippen LogP contribution in [0, 0.1) is 0 Å². The average Bonchev–Trinajstić information content (AvgIpc) is 1.99. The van der Waals surface area contributed by atoms with Crippen LogP contribution in [0.4, 0.5) is 0 Å². The van der Waals surface area contributed by atoms with Crippen LogP contribution in [0.2, 0.25) is 9.38 Å². The van der Waals surface area contributed by atoms with Gasteiger partial charge in [-0.15, -0.1) is 0 Å². The molecule has 0 atom stereocenters. The first kappa shape index (κ1) is 10.8. The van der Waals surface area contributed by atoms with E-state index in [0.717, 1.165) is 0 Å². The molecule has 2 radical (unpaired) electrons. The minimum absolute atomic E-state index is 0.104. The molecule has 0 aromatic carbocycles. The maximum absolute atomic E-state index is 2.51. The van der Waals surface area contributed by atoms with Crippen molar-refractivity contribution >= 4 is 21.1 Å². The van der Waals surface area contributed by atoms with E-state index >= 15 is 0 Å². The molecule has 0 bridgehead atoms. The van der Waals surface area contributed by atoms with E-state index in [-0.39, 0.29) is 21.1 Å². The van der Waals surface area contributed by atoms with Crippen molar-refractivity contribution in [2.45, 2.75) is 29.6 Å². The Bertz CT molecular complexity index is 62.3. The van der Waals surface area contributed by atoms with E-state index in [1.807, 2.05) is 0 Å². The second-order valence-electron chi connectivity index (χ2n) is 2.48. The summed E-state index contributed by atoms with van der Waals surface area (Å²) in [4.78, 5) is 4.93. The number of hydrogen-bond acceptors (Lipinski definition) is 1. The predicted molar refractivity (Wildman–Crippen MR) is 48.8 cm³/mol. The SMILES string of the molecule is CCN(CC)CC[CH2][Sn][CH3]. The summed E-state index contributed by atoms with van der Waals surface area (Å²) in [5.41, 5.74) is 0. The van der Waals surface area contributed by atoms with Crippen molar-refractivity contribution in [3.8, 4) is 0 Å². The predicted octanol–water partition coefficient (Wildman–Crippen LogP) is 1.89. The molecule has 0 aliphatic heterocycles. The quantitative estimate of drug-likeness (QED) is 0.512. The van der Waals surface area contributed by atoms with Gasteiger partial charge >= 0.3 is 75.3 Å². The monoisotopic (exact) mass is 249 g/mol. The molecule has 0 spiro atoms. The van der Waals surface area contributed by atoms with Crippen LogP contribution < -0.4 is 0 Å². The van der Waals surface area contributed by atoms with E-state index in [1.165, 1.54) is 26.1 Å². The van der Waals surface area contributed by atoms with E-state index in [0.29, 0.717) is 0 Å². The molecule has 0 rings (SSSR count). The molecule has 1 nitrogen and oxygen atoms in total. The van der Waals surface area contributed by atoms with Gasteiger partial charge in [-0.2, -0.15) is 0 Å². The molecule has 0 saturated heterocycles. The first-order valence-electron chi connectivity index (χ1n) is 4.22. The van der Waals surface area contributed by atoms with Crippen molar-refractivity contribution in [1.29, 1.82) is 0 Å². The van der Waals surface area contributed by atoms with E-state index in [9.17, 15) is 0 Å². The van der Waals surface area contributed by atoms with Crippen LogP contribution >= 0.6 is 0 Å². The molecule has 0 saturated carbocycles. The first-order chi connectivity index (χ1) is 4.85. The second kappa shape index (κ2) is 7.86. The van der Waals surface area contributed by atoms with E-state index in [4.69, 9.17) is 0 Å². The Labute approximate surface area is 75.4 Å². The topological polar surface area (TPSA) is 3.24 Å². The van der Waals surface area contributed by atoms with Gasteiger partial charge < -0.3 is 0 Å². The third kappa shape index (κ3) is 5.54. The molecule has 0 aliphatic carbocycles. The maximum atomic E-state index is 2.51. The van der Waals surface area contributed by atoms with Gasteiger partial charge in [0.25, 0.3) is 0 Å². The molecule has 0 aromatic rings. The normalized spacial score (nSPS) is 10.8. The van der Waals surface area contributed by atoms with Gasteiger partial charge in [-0.25, -0.2) is 0 Å². The summed E-state index contributed by atoms with van der Waals surface area (Å²) in [7, 11) is 0. The van der Waals surface area contributed by atoms with Crippen molar-refractivity contribution in [1.82, 2.24) is 4.90 Å². The second-order valence-corrected chi connectivity index (χ2v) is 5.93. The molecule has 0 unspecified atom stereocenters. The van der Waals surface area contributed by atoms with E-state index in [2.05, 4.69) is 23.7 Å². The fourth-order valence-corrected chi connectivity index (χ4v) is 2.48.